The number of hydrogen-bond donors (Lipinski definition) is 2. The molecule has 2 atom stereocenters. The van der Waals surface area contributed by atoms with Crippen molar-refractivity contribution < 1.29 is 14.7 Å². The zero-order chi connectivity index (χ0) is 15.4. The third-order valence-corrected chi connectivity index (χ3v) is 5.23. The van der Waals surface area contributed by atoms with Crippen molar-refractivity contribution in [3.8, 4) is 0 Å². The summed E-state index contributed by atoms with van der Waals surface area (Å²) < 4.78 is 0. The number of hydrogen-bond acceptors (Lipinski definition) is 4. The third-order valence-electron chi connectivity index (χ3n) is 3.59. The Kier molecular flexibility index (Phi) is 5.52. The second kappa shape index (κ2) is 7.17. The number of nitrogens with one attached hydrogen (secondary N) is 1. The fourth-order valence-electron chi connectivity index (χ4n) is 2.46. The zero-order valence-electron chi connectivity index (χ0n) is 12.2. The number of carbonyl (C=O) groups is 2. The number of amides is 2. The summed E-state index contributed by atoms with van der Waals surface area (Å²) in [6.45, 7) is 2.40. The first-order valence-corrected chi connectivity index (χ1v) is 9.17. The van der Waals surface area contributed by atoms with Crippen molar-refractivity contribution in [2.75, 3.05) is 18.6 Å². The van der Waals surface area contributed by atoms with Crippen LogP contribution in [0.5, 0.6) is 0 Å². The van der Waals surface area contributed by atoms with E-state index >= 15 is 0 Å². The number of carboxylic acids is 1. The lowest BCUT2D eigenvalue weighted by atomic mass is 10.0. The molecule has 0 bridgehead atoms. The average Bonchev–Trinajstić information content (AvgIpc) is 2.91. The maximum atomic E-state index is 12.4. The van der Waals surface area contributed by atoms with Crippen LogP contribution in [0.1, 0.15) is 29.8 Å². The summed E-state index contributed by atoms with van der Waals surface area (Å²) in [5, 5.41) is 14.3. The number of urea groups is 1. The van der Waals surface area contributed by atoms with Gasteiger partial charge >= 0.3 is 12.0 Å². The molecule has 1 aliphatic rings. The Morgan fingerprint density at radius 1 is 1.62 bits per heavy atom. The normalized spacial score (nSPS) is 19.0. The van der Waals surface area contributed by atoms with Crippen molar-refractivity contribution in [1.82, 2.24) is 10.2 Å². The first-order valence-electron chi connectivity index (χ1n) is 6.89. The maximum absolute atomic E-state index is 12.4. The Morgan fingerprint density at radius 3 is 3.05 bits per heavy atom. The van der Waals surface area contributed by atoms with Gasteiger partial charge in [0.25, 0.3) is 0 Å². The minimum atomic E-state index is -0.971. The molecule has 2 heterocycles. The smallest absolute Gasteiger partial charge is 0.331 e. The number of carbonyl (C=O) groups excluding carboxylic acids is 1. The number of aliphatic carboxylic acids is 1. The molecule has 0 aromatic carbocycles. The first kappa shape index (κ1) is 16.2. The summed E-state index contributed by atoms with van der Waals surface area (Å²) in [5.41, 5.74) is 0.755. The second-order valence-corrected chi connectivity index (χ2v) is 7.10. The van der Waals surface area contributed by atoms with Crippen LogP contribution in [0.4, 0.5) is 4.79 Å². The quantitative estimate of drug-likeness (QED) is 0.871. The number of fused-ring (bicyclic) bond motifs is 1. The van der Waals surface area contributed by atoms with Crippen LogP contribution >= 0.6 is 23.1 Å². The van der Waals surface area contributed by atoms with E-state index in [4.69, 9.17) is 0 Å². The van der Waals surface area contributed by atoms with Crippen molar-refractivity contribution in [1.29, 1.82) is 0 Å². The Hall–Kier alpha value is -1.21. The number of thiophene rings is 1. The van der Waals surface area contributed by atoms with Crippen molar-refractivity contribution >= 4 is 35.1 Å². The standard InChI is InChI=1S/C14H20N2O3S2/c1-9(4-7-20-2)15-14(19)16-6-3-11-10(5-8-21-11)12(16)13(17)18/h5,8-9,12H,3-4,6-7H2,1-2H3,(H,15,19)(H,17,18). The van der Waals surface area contributed by atoms with E-state index in [1.165, 1.54) is 4.90 Å². The fraction of sp³-hybridized carbons (Fsp3) is 0.571. The van der Waals surface area contributed by atoms with Gasteiger partial charge in [-0.25, -0.2) is 9.59 Å². The van der Waals surface area contributed by atoms with Gasteiger partial charge in [0.05, 0.1) is 0 Å². The Labute approximate surface area is 132 Å². The van der Waals surface area contributed by atoms with Gasteiger partial charge in [0.15, 0.2) is 6.04 Å². The van der Waals surface area contributed by atoms with Gasteiger partial charge in [0, 0.05) is 17.5 Å². The van der Waals surface area contributed by atoms with E-state index in [-0.39, 0.29) is 12.1 Å². The third kappa shape index (κ3) is 3.71. The Balaban J connectivity index is 2.08. The number of rotatable bonds is 5. The lowest BCUT2D eigenvalue weighted by Crippen LogP contribution is -2.50. The fourth-order valence-corrected chi connectivity index (χ4v) is 3.96. The molecule has 2 N–H and O–H groups in total. The van der Waals surface area contributed by atoms with E-state index in [9.17, 15) is 14.7 Å². The van der Waals surface area contributed by atoms with E-state index in [0.29, 0.717) is 6.54 Å². The minimum Gasteiger partial charge on any atom is -0.479 e. The monoisotopic (exact) mass is 328 g/mol. The average molecular weight is 328 g/mol. The van der Waals surface area contributed by atoms with Gasteiger partial charge in [0.1, 0.15) is 0 Å². The summed E-state index contributed by atoms with van der Waals surface area (Å²) in [6, 6.07) is 0.707. The van der Waals surface area contributed by atoms with E-state index in [0.717, 1.165) is 29.0 Å². The van der Waals surface area contributed by atoms with Crippen LogP contribution in [0.25, 0.3) is 0 Å². The van der Waals surface area contributed by atoms with Gasteiger partial charge in [-0.05, 0) is 48.8 Å². The molecule has 0 saturated heterocycles. The van der Waals surface area contributed by atoms with E-state index in [2.05, 4.69) is 5.32 Å². The van der Waals surface area contributed by atoms with Gasteiger partial charge < -0.3 is 15.3 Å². The summed E-state index contributed by atoms with van der Waals surface area (Å²) in [7, 11) is 0. The maximum Gasteiger partial charge on any atom is 0.331 e. The van der Waals surface area contributed by atoms with Crippen LogP contribution in [0.15, 0.2) is 11.4 Å². The summed E-state index contributed by atoms with van der Waals surface area (Å²) in [4.78, 5) is 26.4. The molecule has 2 unspecified atom stereocenters. The van der Waals surface area contributed by atoms with Crippen LogP contribution < -0.4 is 5.32 Å². The Bertz CT molecular complexity index is 518. The number of carboxylic acid groups (broad SMARTS) is 1. The van der Waals surface area contributed by atoms with E-state index in [1.807, 2.05) is 24.6 Å². The highest BCUT2D eigenvalue weighted by Gasteiger charge is 2.36. The highest BCUT2D eigenvalue weighted by atomic mass is 32.2. The van der Waals surface area contributed by atoms with E-state index < -0.39 is 12.0 Å². The van der Waals surface area contributed by atoms with Crippen molar-refractivity contribution in [3.63, 3.8) is 0 Å². The predicted octanol–water partition coefficient (Wildman–Crippen LogP) is 2.58. The van der Waals surface area contributed by atoms with Gasteiger partial charge in [-0.15, -0.1) is 11.3 Å². The largest absolute Gasteiger partial charge is 0.479 e. The zero-order valence-corrected chi connectivity index (χ0v) is 13.8. The SMILES string of the molecule is CSCCC(C)NC(=O)N1CCc2sccc2C1C(=O)O. The molecule has 0 fully saturated rings. The van der Waals surface area contributed by atoms with Gasteiger partial charge in [-0.2, -0.15) is 11.8 Å². The molecule has 1 aliphatic heterocycles. The molecule has 0 radical (unpaired) electrons. The van der Waals surface area contributed by atoms with Crippen LogP contribution in [-0.4, -0.2) is 46.6 Å². The molecule has 0 spiro atoms. The molecule has 2 amide bonds. The van der Waals surface area contributed by atoms with Crippen LogP contribution in [0.3, 0.4) is 0 Å². The van der Waals surface area contributed by atoms with E-state index in [1.54, 1.807) is 23.1 Å². The second-order valence-electron chi connectivity index (χ2n) is 5.12. The molecular weight excluding hydrogens is 308 g/mol. The highest BCUT2D eigenvalue weighted by molar-refractivity contribution is 7.98. The van der Waals surface area contributed by atoms with Gasteiger partial charge in [0.2, 0.25) is 0 Å². The van der Waals surface area contributed by atoms with Crippen LogP contribution in [0, 0.1) is 0 Å². The Morgan fingerprint density at radius 2 is 2.38 bits per heavy atom. The molecule has 116 valence electrons. The van der Waals surface area contributed by atoms with Crippen LogP contribution in [0.2, 0.25) is 0 Å². The van der Waals surface area contributed by atoms with Crippen molar-refractivity contribution in [2.45, 2.75) is 31.8 Å². The molecular formula is C14H20N2O3S2. The summed E-state index contributed by atoms with van der Waals surface area (Å²) in [6.07, 6.45) is 3.63. The molecule has 21 heavy (non-hydrogen) atoms. The minimum absolute atomic E-state index is 0.0447. The predicted molar refractivity (Wildman–Crippen MR) is 86.1 cm³/mol. The molecule has 7 heteroatoms. The lowest BCUT2D eigenvalue weighted by Gasteiger charge is -2.34. The van der Waals surface area contributed by atoms with Crippen molar-refractivity contribution in [3.05, 3.63) is 21.9 Å². The van der Waals surface area contributed by atoms with Crippen LogP contribution in [-0.2, 0) is 11.2 Å². The molecule has 1 aromatic heterocycles. The lowest BCUT2D eigenvalue weighted by molar-refractivity contribution is -0.142. The molecule has 5 nitrogen and oxygen atoms in total. The van der Waals surface area contributed by atoms with Gasteiger partial charge in [-0.3, -0.25) is 0 Å². The number of thioether (sulfide) groups is 1. The van der Waals surface area contributed by atoms with Gasteiger partial charge in [-0.1, -0.05) is 0 Å². The summed E-state index contributed by atoms with van der Waals surface area (Å²) in [5.74, 6) is -0.000331. The molecule has 0 saturated carbocycles. The van der Waals surface area contributed by atoms with Crippen molar-refractivity contribution in [2.24, 2.45) is 0 Å². The number of nitrogens with zero attached hydrogens (tertiary/aromatic N) is 1. The first-order chi connectivity index (χ1) is 10.0. The molecule has 1 aromatic rings. The molecule has 2 rings (SSSR count). The topological polar surface area (TPSA) is 69.6 Å². The molecule has 0 aliphatic carbocycles. The summed E-state index contributed by atoms with van der Waals surface area (Å²) >= 11 is 3.29. The highest BCUT2D eigenvalue weighted by Crippen LogP contribution is 2.33.